The lowest BCUT2D eigenvalue weighted by Gasteiger charge is -2.17. The Kier molecular flexibility index (Phi) is 7.56. The van der Waals surface area contributed by atoms with Crippen LogP contribution in [0.3, 0.4) is 0 Å². The van der Waals surface area contributed by atoms with Crippen molar-refractivity contribution in [3.63, 3.8) is 0 Å². The molecule has 0 aromatic heterocycles. The van der Waals surface area contributed by atoms with Crippen molar-refractivity contribution in [3.05, 3.63) is 34.3 Å². The van der Waals surface area contributed by atoms with Gasteiger partial charge in [0.15, 0.2) is 0 Å². The monoisotopic (exact) mass is 313 g/mol. The molecule has 2 N–H and O–H groups in total. The SMILES string of the molecule is CCC(CCO)CNCC(C)c1cccc(Br)c1. The van der Waals surface area contributed by atoms with Gasteiger partial charge in [0.1, 0.15) is 0 Å². The van der Waals surface area contributed by atoms with Crippen LogP contribution < -0.4 is 5.32 Å². The van der Waals surface area contributed by atoms with Crippen LogP contribution in [0.5, 0.6) is 0 Å². The van der Waals surface area contributed by atoms with Crippen molar-refractivity contribution in [3.8, 4) is 0 Å². The van der Waals surface area contributed by atoms with Crippen LogP contribution in [-0.4, -0.2) is 24.8 Å². The number of aliphatic hydroxyl groups is 1. The average molecular weight is 314 g/mol. The van der Waals surface area contributed by atoms with E-state index in [1.54, 1.807) is 0 Å². The Morgan fingerprint density at radius 2 is 2.11 bits per heavy atom. The van der Waals surface area contributed by atoms with Gasteiger partial charge in [-0.3, -0.25) is 0 Å². The normalized spacial score (nSPS) is 14.4. The topological polar surface area (TPSA) is 32.3 Å². The molecule has 0 spiro atoms. The van der Waals surface area contributed by atoms with Gasteiger partial charge in [0.05, 0.1) is 0 Å². The lowest BCUT2D eigenvalue weighted by atomic mass is 10.00. The summed E-state index contributed by atoms with van der Waals surface area (Å²) in [5.41, 5.74) is 1.35. The van der Waals surface area contributed by atoms with Crippen LogP contribution in [0.1, 0.15) is 38.2 Å². The molecule has 0 radical (unpaired) electrons. The van der Waals surface area contributed by atoms with Gasteiger partial charge in [-0.2, -0.15) is 0 Å². The molecule has 0 fully saturated rings. The van der Waals surface area contributed by atoms with E-state index in [0.29, 0.717) is 18.4 Å². The summed E-state index contributed by atoms with van der Waals surface area (Å²) in [7, 11) is 0. The van der Waals surface area contributed by atoms with Gasteiger partial charge in [0.2, 0.25) is 0 Å². The molecule has 0 aliphatic rings. The molecular formula is C15H24BrNO. The van der Waals surface area contributed by atoms with Crippen molar-refractivity contribution < 1.29 is 5.11 Å². The van der Waals surface area contributed by atoms with E-state index < -0.39 is 0 Å². The molecule has 18 heavy (non-hydrogen) atoms. The smallest absolute Gasteiger partial charge is 0.0434 e. The number of nitrogens with one attached hydrogen (secondary N) is 1. The van der Waals surface area contributed by atoms with E-state index in [0.717, 1.165) is 30.4 Å². The molecule has 0 heterocycles. The lowest BCUT2D eigenvalue weighted by molar-refractivity contribution is 0.251. The fraction of sp³-hybridized carbons (Fsp3) is 0.600. The maximum atomic E-state index is 8.95. The fourth-order valence-corrected chi connectivity index (χ4v) is 2.48. The molecule has 2 unspecified atom stereocenters. The van der Waals surface area contributed by atoms with Crippen molar-refractivity contribution in [2.75, 3.05) is 19.7 Å². The Balaban J connectivity index is 2.34. The molecule has 0 bridgehead atoms. The van der Waals surface area contributed by atoms with E-state index >= 15 is 0 Å². The van der Waals surface area contributed by atoms with Crippen molar-refractivity contribution >= 4 is 15.9 Å². The predicted octanol–water partition coefficient (Wildman–Crippen LogP) is 3.55. The van der Waals surface area contributed by atoms with Gasteiger partial charge in [0.25, 0.3) is 0 Å². The van der Waals surface area contributed by atoms with Crippen LogP contribution in [0, 0.1) is 5.92 Å². The number of hydrogen-bond donors (Lipinski definition) is 2. The zero-order valence-electron chi connectivity index (χ0n) is 11.3. The lowest BCUT2D eigenvalue weighted by Crippen LogP contribution is -2.26. The quantitative estimate of drug-likeness (QED) is 0.769. The van der Waals surface area contributed by atoms with Crippen LogP contribution >= 0.6 is 15.9 Å². The zero-order chi connectivity index (χ0) is 13.4. The third-order valence-corrected chi connectivity index (χ3v) is 3.91. The van der Waals surface area contributed by atoms with Crippen LogP contribution in [0.15, 0.2) is 28.7 Å². The number of halogens is 1. The minimum atomic E-state index is 0.293. The molecule has 0 amide bonds. The van der Waals surface area contributed by atoms with Gasteiger partial charge in [-0.15, -0.1) is 0 Å². The second-order valence-electron chi connectivity index (χ2n) is 4.90. The van der Waals surface area contributed by atoms with Crippen molar-refractivity contribution in [1.82, 2.24) is 5.32 Å². The zero-order valence-corrected chi connectivity index (χ0v) is 12.9. The Bertz CT molecular complexity index is 343. The Morgan fingerprint density at radius 1 is 1.33 bits per heavy atom. The first-order valence-electron chi connectivity index (χ1n) is 6.74. The summed E-state index contributed by atoms with van der Waals surface area (Å²) in [6.45, 7) is 6.69. The van der Waals surface area contributed by atoms with E-state index in [1.807, 2.05) is 0 Å². The minimum Gasteiger partial charge on any atom is -0.396 e. The van der Waals surface area contributed by atoms with Crippen molar-refractivity contribution in [2.45, 2.75) is 32.6 Å². The maximum Gasteiger partial charge on any atom is 0.0434 e. The third-order valence-electron chi connectivity index (χ3n) is 3.42. The Morgan fingerprint density at radius 3 is 2.72 bits per heavy atom. The Labute approximate surface area is 119 Å². The second-order valence-corrected chi connectivity index (χ2v) is 5.82. The van der Waals surface area contributed by atoms with E-state index in [-0.39, 0.29) is 0 Å². The first-order chi connectivity index (χ1) is 8.67. The van der Waals surface area contributed by atoms with Gasteiger partial charge in [-0.1, -0.05) is 48.3 Å². The molecule has 0 aliphatic heterocycles. The van der Waals surface area contributed by atoms with Gasteiger partial charge in [0, 0.05) is 17.6 Å². The molecule has 2 nitrogen and oxygen atoms in total. The molecule has 0 saturated heterocycles. The van der Waals surface area contributed by atoms with E-state index in [4.69, 9.17) is 5.11 Å². The summed E-state index contributed by atoms with van der Waals surface area (Å²) in [6.07, 6.45) is 2.02. The number of benzene rings is 1. The molecule has 1 aromatic carbocycles. The predicted molar refractivity (Wildman–Crippen MR) is 80.9 cm³/mol. The van der Waals surface area contributed by atoms with Crippen LogP contribution in [0.25, 0.3) is 0 Å². The third kappa shape index (κ3) is 5.51. The van der Waals surface area contributed by atoms with Gasteiger partial charge in [-0.25, -0.2) is 0 Å². The molecule has 0 saturated carbocycles. The standard InChI is InChI=1S/C15H24BrNO/c1-3-13(7-8-18)11-17-10-12(2)14-5-4-6-15(16)9-14/h4-6,9,12-13,17-18H,3,7-8,10-11H2,1-2H3. The largest absolute Gasteiger partial charge is 0.396 e. The van der Waals surface area contributed by atoms with E-state index in [2.05, 4.69) is 59.4 Å². The maximum absolute atomic E-state index is 8.95. The molecule has 0 aliphatic carbocycles. The van der Waals surface area contributed by atoms with Crippen LogP contribution in [0.2, 0.25) is 0 Å². The molecule has 1 aromatic rings. The van der Waals surface area contributed by atoms with E-state index in [1.165, 1.54) is 5.56 Å². The van der Waals surface area contributed by atoms with E-state index in [9.17, 15) is 0 Å². The first-order valence-corrected chi connectivity index (χ1v) is 7.53. The molecule has 102 valence electrons. The summed E-state index contributed by atoms with van der Waals surface area (Å²) in [5.74, 6) is 1.10. The highest BCUT2D eigenvalue weighted by molar-refractivity contribution is 9.10. The van der Waals surface area contributed by atoms with Crippen molar-refractivity contribution in [2.24, 2.45) is 5.92 Å². The minimum absolute atomic E-state index is 0.293. The molecule has 1 rings (SSSR count). The van der Waals surface area contributed by atoms with Crippen LogP contribution in [0.4, 0.5) is 0 Å². The summed E-state index contributed by atoms with van der Waals surface area (Å²) in [4.78, 5) is 0. The highest BCUT2D eigenvalue weighted by Crippen LogP contribution is 2.19. The van der Waals surface area contributed by atoms with Crippen LogP contribution in [-0.2, 0) is 0 Å². The summed E-state index contributed by atoms with van der Waals surface area (Å²) in [5, 5.41) is 12.5. The fourth-order valence-electron chi connectivity index (χ4n) is 2.07. The highest BCUT2D eigenvalue weighted by atomic mass is 79.9. The highest BCUT2D eigenvalue weighted by Gasteiger charge is 2.08. The average Bonchev–Trinajstić information content (AvgIpc) is 2.37. The molecular weight excluding hydrogens is 290 g/mol. The first kappa shape index (κ1) is 15.7. The van der Waals surface area contributed by atoms with Gasteiger partial charge < -0.3 is 10.4 Å². The van der Waals surface area contributed by atoms with Gasteiger partial charge >= 0.3 is 0 Å². The summed E-state index contributed by atoms with van der Waals surface area (Å²) in [6, 6.07) is 8.48. The number of hydrogen-bond acceptors (Lipinski definition) is 2. The Hall–Kier alpha value is -0.380. The number of rotatable bonds is 8. The molecule has 2 atom stereocenters. The van der Waals surface area contributed by atoms with Crippen molar-refractivity contribution in [1.29, 1.82) is 0 Å². The second kappa shape index (κ2) is 8.68. The summed E-state index contributed by atoms with van der Waals surface area (Å²) < 4.78 is 1.14. The van der Waals surface area contributed by atoms with Gasteiger partial charge in [-0.05, 0) is 42.5 Å². The molecule has 3 heteroatoms. The summed E-state index contributed by atoms with van der Waals surface area (Å²) >= 11 is 3.51. The number of aliphatic hydroxyl groups excluding tert-OH is 1.